The molecule has 1 amide bonds. The molecular formula is C16H32N2O4. The molecule has 22 heavy (non-hydrogen) atoms. The van der Waals surface area contributed by atoms with Gasteiger partial charge in [0.05, 0.1) is 13.2 Å². The lowest BCUT2D eigenvalue weighted by molar-refractivity contribution is 0.136. The molecule has 0 aromatic heterocycles. The zero-order valence-electron chi connectivity index (χ0n) is 13.8. The number of nitrogens with zero attached hydrogens (tertiary/aromatic N) is 2. The number of carbonyl (C=O) groups is 1. The quantitative estimate of drug-likeness (QED) is 0.568. The molecule has 1 fully saturated rings. The molecule has 0 atom stereocenters. The van der Waals surface area contributed by atoms with E-state index in [0.717, 1.165) is 31.7 Å². The summed E-state index contributed by atoms with van der Waals surface area (Å²) in [6.07, 6.45) is 6.09. The summed E-state index contributed by atoms with van der Waals surface area (Å²) in [6, 6.07) is 0. The Morgan fingerprint density at radius 3 is 2.05 bits per heavy atom. The van der Waals surface area contributed by atoms with Crippen LogP contribution in [-0.4, -0.2) is 77.7 Å². The molecule has 130 valence electrons. The number of hydrogen-bond acceptors (Lipinski definition) is 4. The normalized spacial score (nSPS) is 22.0. The first kappa shape index (κ1) is 19.2. The zero-order valence-corrected chi connectivity index (χ0v) is 13.8. The fraction of sp³-hybridized carbons (Fsp3) is 0.938. The van der Waals surface area contributed by atoms with Crippen LogP contribution in [0.1, 0.15) is 38.5 Å². The average Bonchev–Trinajstić information content (AvgIpc) is 2.49. The smallest absolute Gasteiger partial charge is 0.407 e. The van der Waals surface area contributed by atoms with Crippen molar-refractivity contribution in [3.8, 4) is 0 Å². The number of hydrogen-bond donors (Lipinski definition) is 3. The summed E-state index contributed by atoms with van der Waals surface area (Å²) in [6.45, 7) is 3.14. The summed E-state index contributed by atoms with van der Waals surface area (Å²) in [4.78, 5) is 14.3. The van der Waals surface area contributed by atoms with E-state index in [0.29, 0.717) is 25.6 Å². The molecule has 0 unspecified atom stereocenters. The van der Waals surface area contributed by atoms with Gasteiger partial charge in [0, 0.05) is 26.7 Å². The molecule has 0 bridgehead atoms. The van der Waals surface area contributed by atoms with Gasteiger partial charge in [-0.15, -0.1) is 0 Å². The van der Waals surface area contributed by atoms with Crippen molar-refractivity contribution in [2.75, 3.05) is 46.4 Å². The summed E-state index contributed by atoms with van der Waals surface area (Å²) in [5.41, 5.74) is 0. The number of aliphatic hydroxyl groups is 2. The zero-order chi connectivity index (χ0) is 16.4. The second-order valence-corrected chi connectivity index (χ2v) is 6.48. The van der Waals surface area contributed by atoms with Gasteiger partial charge in [-0.3, -0.25) is 4.90 Å². The molecule has 0 aromatic carbocycles. The second-order valence-electron chi connectivity index (χ2n) is 6.48. The lowest BCUT2D eigenvalue weighted by atomic mass is 9.80. The Morgan fingerprint density at radius 2 is 1.55 bits per heavy atom. The summed E-state index contributed by atoms with van der Waals surface area (Å²) in [5, 5.41) is 26.9. The SMILES string of the molecule is CN(CC1CCC(CCCN(CCO)CCO)CC1)C(=O)O. The van der Waals surface area contributed by atoms with Crippen LogP contribution in [-0.2, 0) is 0 Å². The number of rotatable bonds is 10. The van der Waals surface area contributed by atoms with Crippen LogP contribution in [0.3, 0.4) is 0 Å². The van der Waals surface area contributed by atoms with Crippen molar-refractivity contribution in [2.24, 2.45) is 11.8 Å². The highest BCUT2D eigenvalue weighted by atomic mass is 16.4. The van der Waals surface area contributed by atoms with Gasteiger partial charge in [0.1, 0.15) is 0 Å². The second kappa shape index (κ2) is 10.8. The number of carboxylic acid groups (broad SMARTS) is 1. The molecular weight excluding hydrogens is 284 g/mol. The Labute approximate surface area is 133 Å². The highest BCUT2D eigenvalue weighted by Crippen LogP contribution is 2.31. The number of amides is 1. The van der Waals surface area contributed by atoms with Crippen molar-refractivity contribution in [1.29, 1.82) is 0 Å². The minimum absolute atomic E-state index is 0.141. The van der Waals surface area contributed by atoms with Crippen LogP contribution in [0.2, 0.25) is 0 Å². The fourth-order valence-corrected chi connectivity index (χ4v) is 3.39. The van der Waals surface area contributed by atoms with Crippen LogP contribution >= 0.6 is 0 Å². The van der Waals surface area contributed by atoms with Gasteiger partial charge in [0.2, 0.25) is 0 Å². The summed E-state index contributed by atoms with van der Waals surface area (Å²) in [5.74, 6) is 1.26. The lowest BCUT2D eigenvalue weighted by Gasteiger charge is -2.31. The molecule has 1 rings (SSSR count). The van der Waals surface area contributed by atoms with Crippen LogP contribution < -0.4 is 0 Å². The van der Waals surface area contributed by atoms with Gasteiger partial charge in [-0.2, -0.15) is 0 Å². The molecule has 1 aliphatic rings. The van der Waals surface area contributed by atoms with Crippen LogP contribution in [0.5, 0.6) is 0 Å². The largest absolute Gasteiger partial charge is 0.465 e. The highest BCUT2D eigenvalue weighted by molar-refractivity contribution is 5.64. The first-order chi connectivity index (χ1) is 10.6. The van der Waals surface area contributed by atoms with E-state index in [-0.39, 0.29) is 13.2 Å². The maximum atomic E-state index is 10.8. The van der Waals surface area contributed by atoms with Crippen LogP contribution in [0.15, 0.2) is 0 Å². The van der Waals surface area contributed by atoms with Crippen LogP contribution in [0.4, 0.5) is 4.79 Å². The predicted octanol–water partition coefficient (Wildman–Crippen LogP) is 1.47. The van der Waals surface area contributed by atoms with Gasteiger partial charge >= 0.3 is 6.09 Å². The van der Waals surface area contributed by atoms with E-state index in [2.05, 4.69) is 4.90 Å². The van der Waals surface area contributed by atoms with Crippen LogP contribution in [0, 0.1) is 11.8 Å². The monoisotopic (exact) mass is 316 g/mol. The van der Waals surface area contributed by atoms with E-state index in [9.17, 15) is 4.79 Å². The maximum absolute atomic E-state index is 10.8. The minimum Gasteiger partial charge on any atom is -0.465 e. The molecule has 0 heterocycles. The van der Waals surface area contributed by atoms with Crippen molar-refractivity contribution in [3.05, 3.63) is 0 Å². The fourth-order valence-electron chi connectivity index (χ4n) is 3.39. The van der Waals surface area contributed by atoms with Gasteiger partial charge < -0.3 is 20.2 Å². The van der Waals surface area contributed by atoms with Gasteiger partial charge in [-0.1, -0.05) is 12.8 Å². The van der Waals surface area contributed by atoms with Crippen molar-refractivity contribution < 1.29 is 20.1 Å². The highest BCUT2D eigenvalue weighted by Gasteiger charge is 2.23. The van der Waals surface area contributed by atoms with Gasteiger partial charge in [-0.25, -0.2) is 4.79 Å². The molecule has 6 nitrogen and oxygen atoms in total. The van der Waals surface area contributed by atoms with Crippen molar-refractivity contribution >= 4 is 6.09 Å². The molecule has 1 aliphatic carbocycles. The van der Waals surface area contributed by atoms with E-state index in [1.54, 1.807) is 7.05 Å². The van der Waals surface area contributed by atoms with Crippen LogP contribution in [0.25, 0.3) is 0 Å². The third-order valence-electron chi connectivity index (χ3n) is 4.74. The van der Waals surface area contributed by atoms with Gasteiger partial charge in [0.15, 0.2) is 0 Å². The molecule has 0 spiro atoms. The molecule has 6 heteroatoms. The number of aliphatic hydroxyl groups excluding tert-OH is 2. The molecule has 0 saturated heterocycles. The van der Waals surface area contributed by atoms with Gasteiger partial charge in [-0.05, 0) is 44.1 Å². The molecule has 3 N–H and O–H groups in total. The van der Waals surface area contributed by atoms with E-state index in [1.165, 1.54) is 24.2 Å². The molecule has 0 aliphatic heterocycles. The Kier molecular flexibility index (Phi) is 9.43. The van der Waals surface area contributed by atoms with E-state index in [4.69, 9.17) is 15.3 Å². The Bertz CT molecular complexity index is 301. The maximum Gasteiger partial charge on any atom is 0.407 e. The predicted molar refractivity (Wildman–Crippen MR) is 85.9 cm³/mol. The first-order valence-corrected chi connectivity index (χ1v) is 8.45. The summed E-state index contributed by atoms with van der Waals surface area (Å²) < 4.78 is 0. The summed E-state index contributed by atoms with van der Waals surface area (Å²) in [7, 11) is 1.64. The van der Waals surface area contributed by atoms with E-state index < -0.39 is 6.09 Å². The Balaban J connectivity index is 2.16. The minimum atomic E-state index is -0.838. The third-order valence-corrected chi connectivity index (χ3v) is 4.74. The van der Waals surface area contributed by atoms with E-state index in [1.807, 2.05) is 0 Å². The van der Waals surface area contributed by atoms with E-state index >= 15 is 0 Å². The first-order valence-electron chi connectivity index (χ1n) is 8.45. The topological polar surface area (TPSA) is 84.2 Å². The lowest BCUT2D eigenvalue weighted by Crippen LogP contribution is -2.33. The van der Waals surface area contributed by atoms with Crippen molar-refractivity contribution in [2.45, 2.75) is 38.5 Å². The standard InChI is InChI=1S/C16H32N2O4/c1-17(16(21)22)13-15-6-4-14(5-7-15)3-2-8-18(9-11-19)10-12-20/h14-15,19-20H,2-13H2,1H3,(H,21,22). The Morgan fingerprint density at radius 1 is 1.00 bits per heavy atom. The molecule has 0 radical (unpaired) electrons. The van der Waals surface area contributed by atoms with Gasteiger partial charge in [0.25, 0.3) is 0 Å². The average molecular weight is 316 g/mol. The van der Waals surface area contributed by atoms with Crippen molar-refractivity contribution in [3.63, 3.8) is 0 Å². The molecule has 0 aromatic rings. The summed E-state index contributed by atoms with van der Waals surface area (Å²) >= 11 is 0. The molecule has 1 saturated carbocycles. The van der Waals surface area contributed by atoms with Crippen molar-refractivity contribution in [1.82, 2.24) is 9.80 Å². The Hall–Kier alpha value is -0.850. The third kappa shape index (κ3) is 7.42.